The van der Waals surface area contributed by atoms with Crippen LogP contribution >= 0.6 is 11.8 Å². The highest BCUT2D eigenvalue weighted by Crippen LogP contribution is 2.36. The van der Waals surface area contributed by atoms with E-state index < -0.39 is 0 Å². The summed E-state index contributed by atoms with van der Waals surface area (Å²) in [6.07, 6.45) is 0. The smallest absolute Gasteiger partial charge is 0.237 e. The Kier molecular flexibility index (Phi) is 4.60. The fraction of sp³-hybridized carbons (Fsp3) is 0.143. The number of nitrogens with zero attached hydrogens (tertiary/aromatic N) is 4. The Labute approximate surface area is 126 Å². The summed E-state index contributed by atoms with van der Waals surface area (Å²) in [6, 6.07) is 11.0. The monoisotopic (exact) mass is 296 g/mol. The molecular weight excluding hydrogens is 284 g/mol. The summed E-state index contributed by atoms with van der Waals surface area (Å²) in [7, 11) is 0. The second-order valence-corrected chi connectivity index (χ2v) is 5.21. The van der Waals surface area contributed by atoms with Gasteiger partial charge in [0.1, 0.15) is 12.1 Å². The summed E-state index contributed by atoms with van der Waals surface area (Å²) < 4.78 is 0. The molecule has 1 heterocycles. The van der Waals surface area contributed by atoms with Crippen molar-refractivity contribution in [1.82, 2.24) is 10.2 Å². The molecule has 0 amide bonds. The highest BCUT2D eigenvalue weighted by Gasteiger charge is 2.10. The highest BCUT2D eigenvalue weighted by atomic mass is 32.2. The van der Waals surface area contributed by atoms with Crippen LogP contribution in [0.15, 0.2) is 39.2 Å². The number of H-pyrrole nitrogens is 1. The Morgan fingerprint density at radius 1 is 1.29 bits per heavy atom. The van der Waals surface area contributed by atoms with Gasteiger partial charge in [-0.05, 0) is 26.0 Å². The molecule has 1 aromatic heterocycles. The molecular formula is C14H12N6S. The number of aromatic nitrogens is 2. The number of benzene rings is 1. The number of nitrogens with one attached hydrogen (secondary N) is 2. The zero-order chi connectivity index (χ0) is 15.2. The summed E-state index contributed by atoms with van der Waals surface area (Å²) in [5.41, 5.74) is 5.18. The number of hydrogen-bond acceptors (Lipinski definition) is 6. The van der Waals surface area contributed by atoms with Crippen molar-refractivity contribution >= 4 is 23.2 Å². The molecule has 7 heteroatoms. The standard InChI is InChI=1S/C14H12N6S/c1-9-14(10(2)18-17-9)21-13-6-4-3-5-12(13)20-19-11(7-15)8-16/h3-6,20H,1-2H3,(H,17,18). The van der Waals surface area contributed by atoms with Crippen LogP contribution in [0.25, 0.3) is 0 Å². The van der Waals surface area contributed by atoms with Gasteiger partial charge in [-0.2, -0.15) is 20.7 Å². The van der Waals surface area contributed by atoms with Crippen LogP contribution in [0.3, 0.4) is 0 Å². The topological polar surface area (TPSA) is 101 Å². The van der Waals surface area contributed by atoms with Crippen molar-refractivity contribution in [2.45, 2.75) is 23.6 Å². The van der Waals surface area contributed by atoms with Crippen molar-refractivity contribution in [2.24, 2.45) is 5.10 Å². The SMILES string of the molecule is Cc1n[nH]c(C)c1Sc1ccccc1NN=C(C#N)C#N. The van der Waals surface area contributed by atoms with Gasteiger partial charge in [0, 0.05) is 10.6 Å². The first-order valence-corrected chi connectivity index (χ1v) is 6.89. The van der Waals surface area contributed by atoms with Gasteiger partial charge >= 0.3 is 0 Å². The molecule has 0 aliphatic rings. The van der Waals surface area contributed by atoms with Crippen molar-refractivity contribution in [3.8, 4) is 12.1 Å². The van der Waals surface area contributed by atoms with E-state index in [1.807, 2.05) is 38.1 Å². The van der Waals surface area contributed by atoms with Gasteiger partial charge in [-0.1, -0.05) is 23.9 Å². The lowest BCUT2D eigenvalue weighted by molar-refractivity contribution is 1.02. The summed E-state index contributed by atoms with van der Waals surface area (Å²) in [4.78, 5) is 1.98. The molecule has 6 nitrogen and oxygen atoms in total. The molecule has 0 fully saturated rings. The maximum Gasteiger partial charge on any atom is 0.237 e. The van der Waals surface area contributed by atoms with Gasteiger partial charge in [0.2, 0.25) is 5.71 Å². The normalized spacial score (nSPS) is 9.52. The van der Waals surface area contributed by atoms with Crippen LogP contribution in [0.5, 0.6) is 0 Å². The Morgan fingerprint density at radius 2 is 2.00 bits per heavy atom. The first-order chi connectivity index (χ1) is 10.2. The molecule has 21 heavy (non-hydrogen) atoms. The third-order valence-corrected chi connectivity index (χ3v) is 4.04. The lowest BCUT2D eigenvalue weighted by atomic mass is 10.3. The zero-order valence-electron chi connectivity index (χ0n) is 11.5. The quantitative estimate of drug-likeness (QED) is 0.667. The fourth-order valence-corrected chi connectivity index (χ4v) is 2.62. The summed E-state index contributed by atoms with van der Waals surface area (Å²) in [5, 5.41) is 28.3. The van der Waals surface area contributed by atoms with E-state index in [1.54, 1.807) is 23.9 Å². The lowest BCUT2D eigenvalue weighted by Crippen LogP contribution is -1.97. The number of aryl methyl sites for hydroxylation is 2. The molecule has 0 atom stereocenters. The molecule has 1 aromatic carbocycles. The number of aromatic amines is 1. The predicted molar refractivity (Wildman–Crippen MR) is 80.9 cm³/mol. The maximum atomic E-state index is 8.69. The van der Waals surface area contributed by atoms with Crippen LogP contribution in [-0.2, 0) is 0 Å². The molecule has 0 saturated heterocycles. The molecule has 2 aromatic rings. The second kappa shape index (κ2) is 6.60. The third kappa shape index (κ3) is 3.41. The third-order valence-electron chi connectivity index (χ3n) is 2.66. The number of para-hydroxylation sites is 1. The van der Waals surface area contributed by atoms with Crippen LogP contribution < -0.4 is 5.43 Å². The van der Waals surface area contributed by atoms with E-state index in [0.717, 1.165) is 26.9 Å². The van der Waals surface area contributed by atoms with E-state index in [2.05, 4.69) is 20.7 Å². The minimum absolute atomic E-state index is 0.217. The van der Waals surface area contributed by atoms with E-state index in [9.17, 15) is 0 Å². The Hall–Kier alpha value is -2.77. The number of hydrogen-bond donors (Lipinski definition) is 2. The van der Waals surface area contributed by atoms with Gasteiger partial charge in [0.25, 0.3) is 0 Å². The maximum absolute atomic E-state index is 8.69. The van der Waals surface area contributed by atoms with Gasteiger partial charge < -0.3 is 0 Å². The van der Waals surface area contributed by atoms with Gasteiger partial charge in [0.15, 0.2) is 0 Å². The molecule has 0 radical (unpaired) electrons. The van der Waals surface area contributed by atoms with E-state index in [4.69, 9.17) is 10.5 Å². The van der Waals surface area contributed by atoms with E-state index in [0.29, 0.717) is 0 Å². The molecule has 0 spiro atoms. The number of hydrazone groups is 1. The summed E-state index contributed by atoms with van der Waals surface area (Å²) in [6.45, 7) is 3.89. The van der Waals surface area contributed by atoms with Crippen LogP contribution in [0.4, 0.5) is 5.69 Å². The van der Waals surface area contributed by atoms with E-state index in [-0.39, 0.29) is 5.71 Å². The average molecular weight is 296 g/mol. The van der Waals surface area contributed by atoms with E-state index >= 15 is 0 Å². The highest BCUT2D eigenvalue weighted by molar-refractivity contribution is 7.99. The Morgan fingerprint density at radius 3 is 2.62 bits per heavy atom. The van der Waals surface area contributed by atoms with Crippen molar-refractivity contribution in [1.29, 1.82) is 10.5 Å². The Balaban J connectivity index is 2.28. The zero-order valence-corrected chi connectivity index (χ0v) is 12.3. The van der Waals surface area contributed by atoms with Crippen LogP contribution in [0.2, 0.25) is 0 Å². The number of anilines is 1. The van der Waals surface area contributed by atoms with Crippen molar-refractivity contribution in [2.75, 3.05) is 5.43 Å². The van der Waals surface area contributed by atoms with Crippen molar-refractivity contribution in [3.05, 3.63) is 35.7 Å². The minimum Gasteiger partial charge on any atom is -0.281 e. The molecule has 0 saturated carbocycles. The Bertz CT molecular complexity index is 727. The molecule has 0 aliphatic carbocycles. The van der Waals surface area contributed by atoms with Crippen LogP contribution in [-0.4, -0.2) is 15.9 Å². The molecule has 104 valence electrons. The van der Waals surface area contributed by atoms with Gasteiger partial charge in [-0.3, -0.25) is 10.5 Å². The van der Waals surface area contributed by atoms with Crippen molar-refractivity contribution < 1.29 is 0 Å². The van der Waals surface area contributed by atoms with Crippen molar-refractivity contribution in [3.63, 3.8) is 0 Å². The first kappa shape index (κ1) is 14.6. The first-order valence-electron chi connectivity index (χ1n) is 6.08. The predicted octanol–water partition coefficient (Wildman–Crippen LogP) is 2.99. The van der Waals surface area contributed by atoms with E-state index in [1.165, 1.54) is 0 Å². The summed E-state index contributed by atoms with van der Waals surface area (Å²) >= 11 is 1.55. The minimum atomic E-state index is -0.217. The van der Waals surface area contributed by atoms with Gasteiger partial charge in [-0.15, -0.1) is 0 Å². The molecule has 0 bridgehead atoms. The number of rotatable bonds is 4. The average Bonchev–Trinajstić information content (AvgIpc) is 2.81. The lowest BCUT2D eigenvalue weighted by Gasteiger charge is -2.08. The van der Waals surface area contributed by atoms with Crippen LogP contribution in [0, 0.1) is 36.5 Å². The largest absolute Gasteiger partial charge is 0.281 e. The fourth-order valence-electron chi connectivity index (χ4n) is 1.64. The second-order valence-electron chi connectivity index (χ2n) is 4.16. The molecule has 2 N–H and O–H groups in total. The van der Waals surface area contributed by atoms with Crippen LogP contribution in [0.1, 0.15) is 11.4 Å². The van der Waals surface area contributed by atoms with Gasteiger partial charge in [0.05, 0.1) is 16.3 Å². The molecule has 2 rings (SSSR count). The number of nitriles is 2. The molecule has 0 unspecified atom stereocenters. The van der Waals surface area contributed by atoms with Gasteiger partial charge in [-0.25, -0.2) is 0 Å². The summed E-state index contributed by atoms with van der Waals surface area (Å²) in [5.74, 6) is 0. The molecule has 0 aliphatic heterocycles.